The van der Waals surface area contributed by atoms with Crippen molar-refractivity contribution in [2.24, 2.45) is 0 Å². The summed E-state index contributed by atoms with van der Waals surface area (Å²) in [6, 6.07) is 18.9. The van der Waals surface area contributed by atoms with Gasteiger partial charge in [0.1, 0.15) is 5.75 Å². The molecule has 2 aromatic carbocycles. The normalized spacial score (nSPS) is 10.4. The number of ether oxygens (including phenoxy) is 1. The molecule has 26 heavy (non-hydrogen) atoms. The van der Waals surface area contributed by atoms with Crippen molar-refractivity contribution >= 4 is 11.6 Å². The van der Waals surface area contributed by atoms with Crippen LogP contribution in [0.2, 0.25) is 0 Å². The average Bonchev–Trinajstić information content (AvgIpc) is 2.69. The Kier molecular flexibility index (Phi) is 5.64. The first-order valence-electron chi connectivity index (χ1n) is 8.79. The number of hydrogen-bond acceptors (Lipinski definition) is 3. The van der Waals surface area contributed by atoms with Crippen LogP contribution >= 0.6 is 0 Å². The third-order valence-corrected chi connectivity index (χ3v) is 4.08. The van der Waals surface area contributed by atoms with Gasteiger partial charge in [-0.25, -0.2) is 0 Å². The fourth-order valence-corrected chi connectivity index (χ4v) is 2.63. The van der Waals surface area contributed by atoms with Gasteiger partial charge in [-0.15, -0.1) is 0 Å². The number of amides is 1. The van der Waals surface area contributed by atoms with Gasteiger partial charge in [-0.05, 0) is 49.2 Å². The lowest BCUT2D eigenvalue weighted by molar-refractivity contribution is 0.102. The van der Waals surface area contributed by atoms with Crippen molar-refractivity contribution in [1.29, 1.82) is 0 Å². The Balaban J connectivity index is 1.71. The summed E-state index contributed by atoms with van der Waals surface area (Å²) in [5, 5.41) is 2.90. The molecule has 0 unspecified atom stereocenters. The molecule has 0 spiro atoms. The van der Waals surface area contributed by atoms with Gasteiger partial charge in [0.25, 0.3) is 5.91 Å². The largest absolute Gasteiger partial charge is 0.494 e. The summed E-state index contributed by atoms with van der Waals surface area (Å²) in [4.78, 5) is 16.9. The molecule has 4 heteroatoms. The van der Waals surface area contributed by atoms with Gasteiger partial charge in [-0.2, -0.15) is 0 Å². The first-order valence-corrected chi connectivity index (χ1v) is 8.79. The summed E-state index contributed by atoms with van der Waals surface area (Å²) < 4.78 is 5.46. The van der Waals surface area contributed by atoms with Crippen molar-refractivity contribution in [3.63, 3.8) is 0 Å². The van der Waals surface area contributed by atoms with Crippen LogP contribution in [0, 0.1) is 0 Å². The predicted molar refractivity (Wildman–Crippen MR) is 105 cm³/mol. The molecule has 3 rings (SSSR count). The van der Waals surface area contributed by atoms with Crippen LogP contribution in [-0.4, -0.2) is 17.5 Å². The number of nitrogens with one attached hydrogen (secondary N) is 1. The van der Waals surface area contributed by atoms with Gasteiger partial charge in [-0.1, -0.05) is 31.2 Å². The quantitative estimate of drug-likeness (QED) is 0.686. The molecule has 0 fully saturated rings. The molecule has 1 heterocycles. The number of hydrogen-bond donors (Lipinski definition) is 1. The van der Waals surface area contributed by atoms with E-state index in [2.05, 4.69) is 23.3 Å². The van der Waals surface area contributed by atoms with Gasteiger partial charge in [0.05, 0.1) is 12.3 Å². The Morgan fingerprint density at radius 3 is 2.50 bits per heavy atom. The van der Waals surface area contributed by atoms with Crippen molar-refractivity contribution in [3.05, 3.63) is 78.0 Å². The van der Waals surface area contributed by atoms with E-state index in [0.717, 1.165) is 23.4 Å². The lowest BCUT2D eigenvalue weighted by atomic mass is 10.1. The number of carbonyl (C=O) groups excluding carboxylic acids is 1. The second-order valence-electron chi connectivity index (χ2n) is 5.90. The SMILES string of the molecule is CCOc1cccc(NC(=O)c2ccc(-c3ccc(CC)cn3)cc2)c1. The minimum absolute atomic E-state index is 0.153. The highest BCUT2D eigenvalue weighted by atomic mass is 16.5. The van der Waals surface area contributed by atoms with Crippen LogP contribution in [0.3, 0.4) is 0 Å². The van der Waals surface area contributed by atoms with Gasteiger partial charge >= 0.3 is 0 Å². The number of aromatic nitrogens is 1. The van der Waals surface area contributed by atoms with Gasteiger partial charge in [-0.3, -0.25) is 9.78 Å². The molecule has 1 amide bonds. The highest BCUT2D eigenvalue weighted by molar-refractivity contribution is 6.04. The Morgan fingerprint density at radius 1 is 1.04 bits per heavy atom. The maximum absolute atomic E-state index is 12.4. The van der Waals surface area contributed by atoms with E-state index in [1.807, 2.05) is 67.7 Å². The van der Waals surface area contributed by atoms with Gasteiger partial charge in [0.15, 0.2) is 0 Å². The number of pyridine rings is 1. The highest BCUT2D eigenvalue weighted by Gasteiger charge is 2.08. The molecular formula is C22H22N2O2. The molecule has 0 aliphatic heterocycles. The maximum Gasteiger partial charge on any atom is 0.255 e. The Labute approximate surface area is 153 Å². The summed E-state index contributed by atoms with van der Waals surface area (Å²) >= 11 is 0. The molecular weight excluding hydrogens is 324 g/mol. The van der Waals surface area contributed by atoms with Crippen LogP contribution in [-0.2, 0) is 6.42 Å². The zero-order chi connectivity index (χ0) is 18.4. The van der Waals surface area contributed by atoms with E-state index in [9.17, 15) is 4.79 Å². The van der Waals surface area contributed by atoms with Crippen molar-refractivity contribution in [3.8, 4) is 17.0 Å². The second-order valence-corrected chi connectivity index (χ2v) is 5.90. The second kappa shape index (κ2) is 8.30. The topological polar surface area (TPSA) is 51.2 Å². The van der Waals surface area contributed by atoms with Crippen molar-refractivity contribution < 1.29 is 9.53 Å². The van der Waals surface area contributed by atoms with Crippen molar-refractivity contribution in [1.82, 2.24) is 4.98 Å². The molecule has 1 N–H and O–H groups in total. The molecule has 0 radical (unpaired) electrons. The molecule has 1 aromatic heterocycles. The monoisotopic (exact) mass is 346 g/mol. The van der Waals surface area contributed by atoms with E-state index in [1.54, 1.807) is 0 Å². The van der Waals surface area contributed by atoms with Crippen LogP contribution in [0.15, 0.2) is 66.9 Å². The van der Waals surface area contributed by atoms with Crippen LogP contribution < -0.4 is 10.1 Å². The molecule has 3 aromatic rings. The highest BCUT2D eigenvalue weighted by Crippen LogP contribution is 2.20. The molecule has 4 nitrogen and oxygen atoms in total. The van der Waals surface area contributed by atoms with Gasteiger partial charge in [0, 0.05) is 29.1 Å². The smallest absolute Gasteiger partial charge is 0.255 e. The molecule has 0 aliphatic rings. The average molecular weight is 346 g/mol. The van der Waals surface area contributed by atoms with E-state index >= 15 is 0 Å². The van der Waals surface area contributed by atoms with Crippen LogP contribution in [0.25, 0.3) is 11.3 Å². The lowest BCUT2D eigenvalue weighted by Gasteiger charge is -2.08. The minimum Gasteiger partial charge on any atom is -0.494 e. The van der Waals surface area contributed by atoms with E-state index < -0.39 is 0 Å². The summed E-state index contributed by atoms with van der Waals surface area (Å²) in [6.45, 7) is 4.62. The first-order chi connectivity index (χ1) is 12.7. The third-order valence-electron chi connectivity index (χ3n) is 4.08. The summed E-state index contributed by atoms with van der Waals surface area (Å²) in [5.41, 5.74) is 4.41. The molecule has 132 valence electrons. The van der Waals surface area contributed by atoms with Crippen LogP contribution in [0.5, 0.6) is 5.75 Å². The number of rotatable bonds is 6. The summed E-state index contributed by atoms with van der Waals surface area (Å²) in [5.74, 6) is 0.585. The minimum atomic E-state index is -0.153. The Morgan fingerprint density at radius 2 is 1.85 bits per heavy atom. The Bertz CT molecular complexity index is 871. The predicted octanol–water partition coefficient (Wildman–Crippen LogP) is 4.96. The van der Waals surface area contributed by atoms with Crippen LogP contribution in [0.4, 0.5) is 5.69 Å². The standard InChI is InChI=1S/C22H22N2O2/c1-3-16-8-13-21(23-15-16)17-9-11-18(12-10-17)22(25)24-19-6-5-7-20(14-19)26-4-2/h5-15H,3-4H2,1-2H3,(H,24,25). The van der Waals surface area contributed by atoms with E-state index in [1.165, 1.54) is 5.56 Å². The Hall–Kier alpha value is -3.14. The first kappa shape index (κ1) is 17.7. The lowest BCUT2D eigenvalue weighted by Crippen LogP contribution is -2.11. The molecule has 0 atom stereocenters. The van der Waals surface area contributed by atoms with E-state index in [4.69, 9.17) is 4.74 Å². The number of carbonyl (C=O) groups is 1. The number of benzene rings is 2. The third kappa shape index (κ3) is 4.28. The number of nitrogens with zero attached hydrogens (tertiary/aromatic N) is 1. The molecule has 0 bridgehead atoms. The molecule has 0 saturated carbocycles. The summed E-state index contributed by atoms with van der Waals surface area (Å²) in [7, 11) is 0. The van der Waals surface area contributed by atoms with Gasteiger partial charge < -0.3 is 10.1 Å². The summed E-state index contributed by atoms with van der Waals surface area (Å²) in [6.07, 6.45) is 2.86. The fourth-order valence-electron chi connectivity index (χ4n) is 2.63. The zero-order valence-corrected chi connectivity index (χ0v) is 15.0. The number of aryl methyl sites for hydroxylation is 1. The zero-order valence-electron chi connectivity index (χ0n) is 15.0. The molecule has 0 aliphatic carbocycles. The van der Waals surface area contributed by atoms with Crippen molar-refractivity contribution in [2.45, 2.75) is 20.3 Å². The van der Waals surface area contributed by atoms with Crippen LogP contribution in [0.1, 0.15) is 29.8 Å². The number of anilines is 1. The van der Waals surface area contributed by atoms with E-state index in [0.29, 0.717) is 17.9 Å². The van der Waals surface area contributed by atoms with E-state index in [-0.39, 0.29) is 5.91 Å². The molecule has 0 saturated heterocycles. The maximum atomic E-state index is 12.4. The van der Waals surface area contributed by atoms with Crippen molar-refractivity contribution in [2.75, 3.05) is 11.9 Å². The fraction of sp³-hybridized carbons (Fsp3) is 0.182. The van der Waals surface area contributed by atoms with Gasteiger partial charge in [0.2, 0.25) is 0 Å².